The largest absolute Gasteiger partial charge is 0.508 e. The van der Waals surface area contributed by atoms with Crippen molar-refractivity contribution in [2.75, 3.05) is 12.8 Å². The van der Waals surface area contributed by atoms with E-state index in [1.165, 1.54) is 0 Å². The summed E-state index contributed by atoms with van der Waals surface area (Å²) in [4.78, 5) is 13.7. The molecular weight excluding hydrogens is 240 g/mol. The first-order chi connectivity index (χ1) is 9.08. The van der Waals surface area contributed by atoms with Gasteiger partial charge in [0, 0.05) is 30.4 Å². The number of nitrogens with zero attached hydrogens (tertiary/aromatic N) is 1. The standard InChI is InChI=1S/C15H16N2O2/c1-17(10-12-4-2-3-5-14(12)18)15(19)11-6-8-13(16)9-7-11/h2-9,18H,10,16H2,1H3. The minimum Gasteiger partial charge on any atom is -0.508 e. The van der Waals surface area contributed by atoms with Crippen molar-refractivity contribution < 1.29 is 9.90 Å². The van der Waals surface area contributed by atoms with Crippen molar-refractivity contribution in [3.05, 3.63) is 59.7 Å². The molecule has 2 aromatic rings. The van der Waals surface area contributed by atoms with Crippen LogP contribution in [0.1, 0.15) is 15.9 Å². The summed E-state index contributed by atoms with van der Waals surface area (Å²) in [5.74, 6) is 0.0858. The predicted molar refractivity (Wildman–Crippen MR) is 74.8 cm³/mol. The molecule has 1 amide bonds. The average molecular weight is 256 g/mol. The third kappa shape index (κ3) is 3.04. The van der Waals surface area contributed by atoms with Crippen LogP contribution in [-0.4, -0.2) is 23.0 Å². The first-order valence-corrected chi connectivity index (χ1v) is 5.96. The number of hydrogen-bond acceptors (Lipinski definition) is 3. The summed E-state index contributed by atoms with van der Waals surface area (Å²) in [5, 5.41) is 9.69. The monoisotopic (exact) mass is 256 g/mol. The molecule has 0 bridgehead atoms. The number of hydrogen-bond donors (Lipinski definition) is 2. The Hall–Kier alpha value is -2.49. The van der Waals surface area contributed by atoms with Gasteiger partial charge in [0.05, 0.1) is 0 Å². The fourth-order valence-electron chi connectivity index (χ4n) is 1.82. The van der Waals surface area contributed by atoms with Crippen LogP contribution in [-0.2, 0) is 6.54 Å². The Labute approximate surface area is 112 Å². The van der Waals surface area contributed by atoms with Crippen molar-refractivity contribution in [3.8, 4) is 5.75 Å². The molecule has 2 rings (SSSR count). The molecule has 0 fully saturated rings. The molecule has 4 nitrogen and oxygen atoms in total. The van der Waals surface area contributed by atoms with Gasteiger partial charge in [0.15, 0.2) is 0 Å². The molecular formula is C15H16N2O2. The Kier molecular flexibility index (Phi) is 3.71. The SMILES string of the molecule is CN(Cc1ccccc1O)C(=O)c1ccc(N)cc1. The molecule has 0 saturated heterocycles. The second kappa shape index (κ2) is 5.44. The van der Waals surface area contributed by atoms with E-state index in [2.05, 4.69) is 0 Å². The summed E-state index contributed by atoms with van der Waals surface area (Å²) in [6, 6.07) is 13.8. The van der Waals surface area contributed by atoms with E-state index in [0.29, 0.717) is 23.4 Å². The van der Waals surface area contributed by atoms with Gasteiger partial charge in [-0.15, -0.1) is 0 Å². The molecule has 0 heterocycles. The molecule has 19 heavy (non-hydrogen) atoms. The maximum atomic E-state index is 12.2. The van der Waals surface area contributed by atoms with Crippen molar-refractivity contribution >= 4 is 11.6 Å². The summed E-state index contributed by atoms with van der Waals surface area (Å²) < 4.78 is 0. The van der Waals surface area contributed by atoms with Crippen LogP contribution < -0.4 is 5.73 Å². The average Bonchev–Trinajstić information content (AvgIpc) is 2.41. The lowest BCUT2D eigenvalue weighted by Gasteiger charge is -2.18. The minimum absolute atomic E-state index is 0.108. The number of carbonyl (C=O) groups excluding carboxylic acids is 1. The molecule has 0 spiro atoms. The van der Waals surface area contributed by atoms with Gasteiger partial charge in [0.1, 0.15) is 5.75 Å². The Morgan fingerprint density at radius 2 is 1.79 bits per heavy atom. The molecule has 0 atom stereocenters. The zero-order valence-corrected chi connectivity index (χ0v) is 10.7. The third-order valence-corrected chi connectivity index (χ3v) is 2.90. The van der Waals surface area contributed by atoms with Crippen LogP contribution >= 0.6 is 0 Å². The maximum Gasteiger partial charge on any atom is 0.253 e. The third-order valence-electron chi connectivity index (χ3n) is 2.90. The normalized spacial score (nSPS) is 10.2. The van der Waals surface area contributed by atoms with E-state index < -0.39 is 0 Å². The lowest BCUT2D eigenvalue weighted by molar-refractivity contribution is 0.0784. The predicted octanol–water partition coefficient (Wildman–Crippen LogP) is 2.25. The van der Waals surface area contributed by atoms with Crippen molar-refractivity contribution in [1.82, 2.24) is 4.90 Å². The minimum atomic E-state index is -0.108. The fourth-order valence-corrected chi connectivity index (χ4v) is 1.82. The van der Waals surface area contributed by atoms with Gasteiger partial charge >= 0.3 is 0 Å². The molecule has 4 heteroatoms. The molecule has 0 unspecified atom stereocenters. The first-order valence-electron chi connectivity index (χ1n) is 5.96. The summed E-state index contributed by atoms with van der Waals surface area (Å²) in [5.41, 5.74) is 7.51. The fraction of sp³-hybridized carbons (Fsp3) is 0.133. The molecule has 2 aromatic carbocycles. The van der Waals surface area contributed by atoms with Crippen LogP contribution in [0.2, 0.25) is 0 Å². The first kappa shape index (κ1) is 13.0. The quantitative estimate of drug-likeness (QED) is 0.828. The van der Waals surface area contributed by atoms with Crippen molar-refractivity contribution in [3.63, 3.8) is 0 Å². The van der Waals surface area contributed by atoms with Gasteiger partial charge in [-0.05, 0) is 30.3 Å². The van der Waals surface area contributed by atoms with Crippen molar-refractivity contribution in [2.45, 2.75) is 6.54 Å². The van der Waals surface area contributed by atoms with Gasteiger partial charge in [-0.1, -0.05) is 18.2 Å². The van der Waals surface area contributed by atoms with Gasteiger partial charge in [-0.3, -0.25) is 4.79 Å². The summed E-state index contributed by atoms with van der Waals surface area (Å²) in [6.45, 7) is 0.357. The number of phenolic OH excluding ortho intramolecular Hbond substituents is 1. The van der Waals surface area contributed by atoms with Crippen molar-refractivity contribution in [2.24, 2.45) is 0 Å². The molecule has 0 aliphatic rings. The highest BCUT2D eigenvalue weighted by molar-refractivity contribution is 5.94. The summed E-state index contributed by atoms with van der Waals surface area (Å²) in [7, 11) is 1.70. The number of nitrogens with two attached hydrogens (primary N) is 1. The number of rotatable bonds is 3. The van der Waals surface area contributed by atoms with E-state index in [9.17, 15) is 9.90 Å². The van der Waals surface area contributed by atoms with Crippen molar-refractivity contribution in [1.29, 1.82) is 0 Å². The van der Waals surface area contributed by atoms with Crippen LogP contribution in [0.25, 0.3) is 0 Å². The lowest BCUT2D eigenvalue weighted by atomic mass is 10.1. The topological polar surface area (TPSA) is 66.6 Å². The summed E-state index contributed by atoms with van der Waals surface area (Å²) in [6.07, 6.45) is 0. The number of phenols is 1. The van der Waals surface area contributed by atoms with Crippen LogP contribution in [0, 0.1) is 0 Å². The summed E-state index contributed by atoms with van der Waals surface area (Å²) >= 11 is 0. The zero-order chi connectivity index (χ0) is 13.8. The number of aromatic hydroxyl groups is 1. The number of nitrogen functional groups attached to an aromatic ring is 1. The van der Waals surface area contributed by atoms with E-state index >= 15 is 0 Å². The molecule has 0 radical (unpaired) electrons. The Balaban J connectivity index is 2.12. The van der Waals surface area contributed by atoms with Gasteiger partial charge in [0.2, 0.25) is 0 Å². The second-order valence-electron chi connectivity index (χ2n) is 4.41. The Morgan fingerprint density at radius 3 is 2.42 bits per heavy atom. The second-order valence-corrected chi connectivity index (χ2v) is 4.41. The zero-order valence-electron chi connectivity index (χ0n) is 10.7. The van der Waals surface area contributed by atoms with Crippen LogP contribution in [0.15, 0.2) is 48.5 Å². The van der Waals surface area contributed by atoms with Crippen LogP contribution in [0.3, 0.4) is 0 Å². The Bertz CT molecular complexity index is 579. The molecule has 98 valence electrons. The van der Waals surface area contributed by atoms with E-state index in [-0.39, 0.29) is 11.7 Å². The van der Waals surface area contributed by atoms with Gasteiger partial charge < -0.3 is 15.7 Å². The van der Waals surface area contributed by atoms with Crippen LogP contribution in [0.4, 0.5) is 5.69 Å². The highest BCUT2D eigenvalue weighted by Gasteiger charge is 2.13. The van der Waals surface area contributed by atoms with E-state index in [1.807, 2.05) is 6.07 Å². The number of carbonyl (C=O) groups is 1. The van der Waals surface area contributed by atoms with Gasteiger partial charge in [-0.25, -0.2) is 0 Å². The lowest BCUT2D eigenvalue weighted by Crippen LogP contribution is -2.26. The smallest absolute Gasteiger partial charge is 0.253 e. The van der Waals surface area contributed by atoms with Gasteiger partial charge in [-0.2, -0.15) is 0 Å². The maximum absolute atomic E-state index is 12.2. The molecule has 0 aromatic heterocycles. The van der Waals surface area contributed by atoms with E-state index in [0.717, 1.165) is 0 Å². The van der Waals surface area contributed by atoms with Gasteiger partial charge in [0.25, 0.3) is 5.91 Å². The molecule has 0 aliphatic heterocycles. The number of para-hydroxylation sites is 1. The number of amides is 1. The number of anilines is 1. The highest BCUT2D eigenvalue weighted by Crippen LogP contribution is 2.18. The number of benzene rings is 2. The van der Waals surface area contributed by atoms with Crippen LogP contribution in [0.5, 0.6) is 5.75 Å². The van der Waals surface area contributed by atoms with E-state index in [1.54, 1.807) is 54.4 Å². The Morgan fingerprint density at radius 1 is 1.16 bits per heavy atom. The highest BCUT2D eigenvalue weighted by atomic mass is 16.3. The molecule has 0 saturated carbocycles. The molecule has 0 aliphatic carbocycles. The van der Waals surface area contributed by atoms with E-state index in [4.69, 9.17) is 5.73 Å². The molecule has 3 N–H and O–H groups in total.